The molecular weight excluding hydrogens is 292 g/mol. The van der Waals surface area contributed by atoms with Crippen molar-refractivity contribution in [1.82, 2.24) is 9.55 Å². The minimum Gasteiger partial charge on any atom is -0.507 e. The minimum atomic E-state index is -0.300. The van der Waals surface area contributed by atoms with Crippen LogP contribution in [0.15, 0.2) is 47.4 Å². The van der Waals surface area contributed by atoms with Gasteiger partial charge in [-0.2, -0.15) is 0 Å². The van der Waals surface area contributed by atoms with Gasteiger partial charge in [-0.05, 0) is 44.0 Å². The Balaban J connectivity index is 2.35. The smallest absolute Gasteiger partial charge is 0.263 e. The van der Waals surface area contributed by atoms with Crippen LogP contribution in [0.2, 0.25) is 0 Å². The molecule has 0 atom stereocenters. The molecule has 0 saturated heterocycles. The fourth-order valence-electron chi connectivity index (χ4n) is 2.67. The lowest BCUT2D eigenvalue weighted by molar-refractivity contribution is 0.288. The largest absolute Gasteiger partial charge is 0.507 e. The number of benzene rings is 1. The Morgan fingerprint density at radius 3 is 2.61 bits per heavy atom. The van der Waals surface area contributed by atoms with Crippen LogP contribution < -0.4 is 5.56 Å². The number of aromatic nitrogens is 2. The van der Waals surface area contributed by atoms with Gasteiger partial charge in [0.2, 0.25) is 0 Å². The maximum absolute atomic E-state index is 12.9. The molecule has 0 amide bonds. The highest BCUT2D eigenvalue weighted by Gasteiger charge is 2.17. The summed E-state index contributed by atoms with van der Waals surface area (Å²) < 4.78 is 1.52. The molecule has 0 aliphatic rings. The van der Waals surface area contributed by atoms with Crippen LogP contribution >= 0.6 is 0 Å². The van der Waals surface area contributed by atoms with Gasteiger partial charge in [0.05, 0.1) is 16.6 Å². The number of hydrogen-bond donors (Lipinski definition) is 2. The number of rotatable bonds is 4. The lowest BCUT2D eigenvalue weighted by Crippen LogP contribution is -2.24. The van der Waals surface area contributed by atoms with Crippen LogP contribution in [0.25, 0.3) is 16.7 Å². The summed E-state index contributed by atoms with van der Waals surface area (Å²) in [7, 11) is 0. The summed E-state index contributed by atoms with van der Waals surface area (Å²) in [6, 6.07) is 11.0. The van der Waals surface area contributed by atoms with Crippen LogP contribution in [0.5, 0.6) is 5.75 Å². The average molecular weight is 310 g/mol. The van der Waals surface area contributed by atoms with Crippen molar-refractivity contribution in [3.8, 4) is 11.4 Å². The van der Waals surface area contributed by atoms with Gasteiger partial charge in [0.25, 0.3) is 5.56 Å². The summed E-state index contributed by atoms with van der Waals surface area (Å²) in [5, 5.41) is 20.0. The third kappa shape index (κ3) is 2.71. The van der Waals surface area contributed by atoms with Crippen molar-refractivity contribution in [3.05, 3.63) is 64.1 Å². The second kappa shape index (κ2) is 6.22. The molecular formula is C18H18N2O3. The zero-order valence-corrected chi connectivity index (χ0v) is 12.9. The summed E-state index contributed by atoms with van der Waals surface area (Å²) in [6.07, 6.45) is 2.33. The fraction of sp³-hybridized carbons (Fsp3) is 0.222. The van der Waals surface area contributed by atoms with Crippen molar-refractivity contribution in [2.24, 2.45) is 0 Å². The molecule has 3 rings (SSSR count). The highest BCUT2D eigenvalue weighted by atomic mass is 16.3. The molecule has 23 heavy (non-hydrogen) atoms. The van der Waals surface area contributed by atoms with E-state index in [1.807, 2.05) is 31.2 Å². The van der Waals surface area contributed by atoms with Crippen molar-refractivity contribution in [1.29, 1.82) is 0 Å². The number of hydrogen-bond acceptors (Lipinski definition) is 4. The van der Waals surface area contributed by atoms with E-state index in [0.717, 1.165) is 5.56 Å². The summed E-state index contributed by atoms with van der Waals surface area (Å²) >= 11 is 0. The van der Waals surface area contributed by atoms with Gasteiger partial charge in [0, 0.05) is 12.8 Å². The predicted molar refractivity (Wildman–Crippen MR) is 89.1 cm³/mol. The SMILES string of the molecule is Cc1ccc(-n2c(=O)c(CCCO)c(O)c3cccnc32)cc1. The van der Waals surface area contributed by atoms with Crippen molar-refractivity contribution < 1.29 is 10.2 Å². The molecule has 1 aromatic carbocycles. The first-order valence-corrected chi connectivity index (χ1v) is 7.53. The van der Waals surface area contributed by atoms with E-state index in [2.05, 4.69) is 4.98 Å². The molecule has 0 fully saturated rings. The van der Waals surface area contributed by atoms with Gasteiger partial charge in [-0.15, -0.1) is 0 Å². The second-order valence-corrected chi connectivity index (χ2v) is 5.51. The van der Waals surface area contributed by atoms with E-state index in [-0.39, 0.29) is 17.9 Å². The van der Waals surface area contributed by atoms with Gasteiger partial charge in [0.1, 0.15) is 5.75 Å². The Morgan fingerprint density at radius 1 is 1.17 bits per heavy atom. The third-order valence-electron chi connectivity index (χ3n) is 3.88. The Morgan fingerprint density at radius 2 is 1.91 bits per heavy atom. The van der Waals surface area contributed by atoms with E-state index in [1.165, 1.54) is 4.57 Å². The second-order valence-electron chi connectivity index (χ2n) is 5.51. The number of aliphatic hydroxyl groups excluding tert-OH is 1. The van der Waals surface area contributed by atoms with Gasteiger partial charge in [0.15, 0.2) is 5.65 Å². The van der Waals surface area contributed by atoms with Crippen LogP contribution in [0.1, 0.15) is 17.5 Å². The Bertz CT molecular complexity index is 899. The van der Waals surface area contributed by atoms with Crippen LogP contribution in [-0.4, -0.2) is 26.4 Å². The lowest BCUT2D eigenvalue weighted by atomic mass is 10.1. The number of aromatic hydroxyl groups is 1. The van der Waals surface area contributed by atoms with Crippen molar-refractivity contribution in [2.75, 3.05) is 6.61 Å². The molecule has 0 bridgehead atoms. The lowest BCUT2D eigenvalue weighted by Gasteiger charge is -2.14. The summed E-state index contributed by atoms with van der Waals surface area (Å²) in [4.78, 5) is 17.2. The highest BCUT2D eigenvalue weighted by molar-refractivity contribution is 5.84. The number of fused-ring (bicyclic) bond motifs is 1. The quantitative estimate of drug-likeness (QED) is 0.775. The molecule has 0 aliphatic carbocycles. The number of nitrogens with zero attached hydrogens (tertiary/aromatic N) is 2. The van der Waals surface area contributed by atoms with Crippen molar-refractivity contribution in [3.63, 3.8) is 0 Å². The van der Waals surface area contributed by atoms with Gasteiger partial charge in [-0.25, -0.2) is 4.98 Å². The highest BCUT2D eigenvalue weighted by Crippen LogP contribution is 2.27. The van der Waals surface area contributed by atoms with E-state index in [4.69, 9.17) is 5.11 Å². The normalized spacial score (nSPS) is 11.0. The van der Waals surface area contributed by atoms with Crippen LogP contribution in [0.3, 0.4) is 0 Å². The maximum Gasteiger partial charge on any atom is 0.263 e. The molecule has 118 valence electrons. The van der Waals surface area contributed by atoms with Gasteiger partial charge >= 0.3 is 0 Å². The molecule has 2 aromatic heterocycles. The number of aliphatic hydroxyl groups is 1. The Hall–Kier alpha value is -2.66. The first kappa shape index (κ1) is 15.2. The summed E-state index contributed by atoms with van der Waals surface area (Å²) in [5.41, 5.74) is 2.23. The molecule has 3 aromatic rings. The summed E-state index contributed by atoms with van der Waals surface area (Å²) in [6.45, 7) is 1.95. The Kier molecular flexibility index (Phi) is 4.12. The fourth-order valence-corrected chi connectivity index (χ4v) is 2.67. The monoisotopic (exact) mass is 310 g/mol. The average Bonchev–Trinajstić information content (AvgIpc) is 2.57. The molecule has 0 saturated carbocycles. The van der Waals surface area contributed by atoms with Crippen molar-refractivity contribution in [2.45, 2.75) is 19.8 Å². The van der Waals surface area contributed by atoms with Crippen molar-refractivity contribution >= 4 is 11.0 Å². The number of pyridine rings is 2. The van der Waals surface area contributed by atoms with E-state index >= 15 is 0 Å². The first-order chi connectivity index (χ1) is 11.1. The zero-order chi connectivity index (χ0) is 16.4. The zero-order valence-electron chi connectivity index (χ0n) is 12.9. The maximum atomic E-state index is 12.9. The van der Waals surface area contributed by atoms with E-state index < -0.39 is 0 Å². The van der Waals surface area contributed by atoms with E-state index in [0.29, 0.717) is 35.1 Å². The van der Waals surface area contributed by atoms with Crippen LogP contribution in [0.4, 0.5) is 0 Å². The first-order valence-electron chi connectivity index (χ1n) is 7.53. The molecule has 2 heterocycles. The standard InChI is InChI=1S/C18H18N2O3/c1-12-6-8-13(9-7-12)20-17-14(4-2-10-19-17)16(22)15(18(20)23)5-3-11-21/h2,4,6-10,21-22H,3,5,11H2,1H3. The molecule has 5 heteroatoms. The summed E-state index contributed by atoms with van der Waals surface area (Å²) in [5.74, 6) is -0.0464. The van der Waals surface area contributed by atoms with Gasteiger partial charge < -0.3 is 10.2 Å². The molecule has 2 N–H and O–H groups in total. The minimum absolute atomic E-state index is 0.0332. The van der Waals surface area contributed by atoms with Crippen LogP contribution in [-0.2, 0) is 6.42 Å². The molecule has 5 nitrogen and oxygen atoms in total. The molecule has 0 aliphatic heterocycles. The molecule has 0 spiro atoms. The molecule has 0 radical (unpaired) electrons. The Labute approximate surface area is 133 Å². The molecule has 0 unspecified atom stereocenters. The van der Waals surface area contributed by atoms with E-state index in [9.17, 15) is 9.90 Å². The third-order valence-corrected chi connectivity index (χ3v) is 3.88. The van der Waals surface area contributed by atoms with Gasteiger partial charge in [-0.1, -0.05) is 17.7 Å². The predicted octanol–water partition coefficient (Wildman–Crippen LogP) is 2.32. The van der Waals surface area contributed by atoms with E-state index in [1.54, 1.807) is 18.3 Å². The van der Waals surface area contributed by atoms with Crippen LogP contribution in [0, 0.1) is 6.92 Å². The number of aryl methyl sites for hydroxylation is 1. The van der Waals surface area contributed by atoms with Gasteiger partial charge in [-0.3, -0.25) is 9.36 Å². The topological polar surface area (TPSA) is 75.4 Å².